The summed E-state index contributed by atoms with van der Waals surface area (Å²) in [5.41, 5.74) is 0.923. The number of hydrogen-bond donors (Lipinski definition) is 0. The maximum atomic E-state index is 12.2. The van der Waals surface area contributed by atoms with Crippen LogP contribution in [0.4, 0.5) is 0 Å². The third-order valence-corrected chi connectivity index (χ3v) is 4.65. The molecule has 120 valence electrons. The normalized spacial score (nSPS) is 13.2. The lowest BCUT2D eigenvalue weighted by atomic mass is 9.96. The molecule has 2 aromatic rings. The number of aromatic nitrogens is 2. The minimum atomic E-state index is -0.566. The molecule has 1 atom stereocenters. The van der Waals surface area contributed by atoms with Gasteiger partial charge in [0.05, 0.1) is 0 Å². The molecule has 0 fully saturated rings. The summed E-state index contributed by atoms with van der Waals surface area (Å²) >= 11 is 1.47. The Morgan fingerprint density at radius 3 is 2.64 bits per heavy atom. The van der Waals surface area contributed by atoms with Gasteiger partial charge in [0.1, 0.15) is 4.88 Å². The molecule has 0 amide bonds. The van der Waals surface area contributed by atoms with Gasteiger partial charge in [0.2, 0.25) is 0 Å². The number of rotatable bonds is 4. The first-order valence-corrected chi connectivity index (χ1v) is 8.18. The summed E-state index contributed by atoms with van der Waals surface area (Å²) in [6, 6.07) is 1.87. The molecule has 0 bridgehead atoms. The fourth-order valence-corrected chi connectivity index (χ4v) is 2.94. The zero-order valence-corrected chi connectivity index (χ0v) is 14.7. The third kappa shape index (κ3) is 3.55. The predicted molar refractivity (Wildman–Crippen MR) is 85.3 cm³/mol. The van der Waals surface area contributed by atoms with Gasteiger partial charge in [-0.15, -0.1) is 11.3 Å². The molecular weight excluding hydrogens is 300 g/mol. The standard InChI is InChI=1S/C16H22N2O3S/c1-7-11-9(2)8-12(22-11)14(19)20-10(3)13-17-15(18-21-13)16(4,5)6/h8,10H,7H2,1-6H3. The van der Waals surface area contributed by atoms with E-state index < -0.39 is 6.10 Å². The highest BCUT2D eigenvalue weighted by atomic mass is 32.1. The Morgan fingerprint density at radius 1 is 1.45 bits per heavy atom. The highest BCUT2D eigenvalue weighted by molar-refractivity contribution is 7.14. The molecule has 5 nitrogen and oxygen atoms in total. The van der Waals surface area contributed by atoms with Gasteiger partial charge >= 0.3 is 5.97 Å². The molecule has 0 aliphatic heterocycles. The Labute approximate surface area is 134 Å². The average Bonchev–Trinajstić information content (AvgIpc) is 3.04. The fraction of sp³-hybridized carbons (Fsp3) is 0.562. The molecule has 0 radical (unpaired) electrons. The Bertz CT molecular complexity index is 667. The van der Waals surface area contributed by atoms with Crippen molar-refractivity contribution >= 4 is 17.3 Å². The van der Waals surface area contributed by atoms with Crippen LogP contribution in [0.25, 0.3) is 0 Å². The quantitative estimate of drug-likeness (QED) is 0.789. The second kappa shape index (κ2) is 6.20. The summed E-state index contributed by atoms with van der Waals surface area (Å²) in [6.07, 6.45) is 0.348. The maximum Gasteiger partial charge on any atom is 0.349 e. The van der Waals surface area contributed by atoms with E-state index in [2.05, 4.69) is 17.1 Å². The van der Waals surface area contributed by atoms with Crippen LogP contribution in [0.1, 0.15) is 72.6 Å². The van der Waals surface area contributed by atoms with Crippen LogP contribution in [-0.2, 0) is 16.6 Å². The predicted octanol–water partition coefficient (Wildman–Crippen LogP) is 4.22. The minimum Gasteiger partial charge on any atom is -0.448 e. The summed E-state index contributed by atoms with van der Waals surface area (Å²) in [4.78, 5) is 18.3. The van der Waals surface area contributed by atoms with E-state index in [9.17, 15) is 4.79 Å². The molecule has 0 saturated heterocycles. The van der Waals surface area contributed by atoms with Crippen molar-refractivity contribution < 1.29 is 14.1 Å². The van der Waals surface area contributed by atoms with Crippen LogP contribution in [-0.4, -0.2) is 16.1 Å². The topological polar surface area (TPSA) is 65.2 Å². The second-order valence-electron chi connectivity index (χ2n) is 6.32. The van der Waals surface area contributed by atoms with Gasteiger partial charge in [0.25, 0.3) is 5.89 Å². The van der Waals surface area contributed by atoms with Crippen molar-refractivity contribution in [3.63, 3.8) is 0 Å². The van der Waals surface area contributed by atoms with Crippen molar-refractivity contribution in [3.05, 3.63) is 33.1 Å². The summed E-state index contributed by atoms with van der Waals surface area (Å²) < 4.78 is 10.6. The van der Waals surface area contributed by atoms with Gasteiger partial charge < -0.3 is 9.26 Å². The first-order valence-electron chi connectivity index (χ1n) is 7.36. The van der Waals surface area contributed by atoms with Gasteiger partial charge in [-0.05, 0) is 31.9 Å². The monoisotopic (exact) mass is 322 g/mol. The number of carbonyl (C=O) groups excluding carboxylic acids is 1. The average molecular weight is 322 g/mol. The van der Waals surface area contributed by atoms with Gasteiger partial charge in [-0.1, -0.05) is 32.9 Å². The molecule has 0 saturated carbocycles. The first-order chi connectivity index (χ1) is 10.2. The number of hydrogen-bond acceptors (Lipinski definition) is 6. The lowest BCUT2D eigenvalue weighted by Gasteiger charge is -2.11. The smallest absolute Gasteiger partial charge is 0.349 e. The van der Waals surface area contributed by atoms with Gasteiger partial charge in [-0.3, -0.25) is 0 Å². The van der Waals surface area contributed by atoms with Gasteiger partial charge in [-0.25, -0.2) is 4.79 Å². The van der Waals surface area contributed by atoms with Crippen molar-refractivity contribution in [2.24, 2.45) is 0 Å². The molecule has 2 aromatic heterocycles. The zero-order valence-electron chi connectivity index (χ0n) is 13.9. The number of carbonyl (C=O) groups is 1. The number of ether oxygens (including phenoxy) is 1. The van der Waals surface area contributed by atoms with Crippen LogP contribution in [0.3, 0.4) is 0 Å². The van der Waals surface area contributed by atoms with Crippen molar-refractivity contribution in [2.75, 3.05) is 0 Å². The van der Waals surface area contributed by atoms with Crippen molar-refractivity contribution in [2.45, 2.75) is 59.5 Å². The molecular formula is C16H22N2O3S. The van der Waals surface area contributed by atoms with Crippen LogP contribution in [0, 0.1) is 6.92 Å². The van der Waals surface area contributed by atoms with E-state index in [4.69, 9.17) is 9.26 Å². The molecule has 2 heterocycles. The molecule has 1 unspecified atom stereocenters. The van der Waals surface area contributed by atoms with E-state index in [-0.39, 0.29) is 11.4 Å². The summed E-state index contributed by atoms with van der Waals surface area (Å²) in [6.45, 7) is 11.8. The Kier molecular flexibility index (Phi) is 4.70. The van der Waals surface area contributed by atoms with Crippen molar-refractivity contribution in [1.29, 1.82) is 0 Å². The number of esters is 1. The Hall–Kier alpha value is -1.69. The number of thiophene rings is 1. The molecule has 2 rings (SSSR count). The molecule has 22 heavy (non-hydrogen) atoms. The molecule has 0 aliphatic carbocycles. The molecule has 6 heteroatoms. The lowest BCUT2D eigenvalue weighted by molar-refractivity contribution is 0.0271. The van der Waals surface area contributed by atoms with E-state index >= 15 is 0 Å². The highest BCUT2D eigenvalue weighted by Crippen LogP contribution is 2.26. The SMILES string of the molecule is CCc1sc(C(=O)OC(C)c2nc(C(C)(C)C)no2)cc1C. The van der Waals surface area contributed by atoms with Crippen LogP contribution in [0.15, 0.2) is 10.6 Å². The van der Waals surface area contributed by atoms with Crippen molar-refractivity contribution in [1.82, 2.24) is 10.1 Å². The van der Waals surface area contributed by atoms with Crippen LogP contribution in [0.5, 0.6) is 0 Å². The summed E-state index contributed by atoms with van der Waals surface area (Å²) in [7, 11) is 0. The molecule has 0 aliphatic rings. The van der Waals surface area contributed by atoms with Crippen LogP contribution < -0.4 is 0 Å². The van der Waals surface area contributed by atoms with Gasteiger partial charge in [0, 0.05) is 10.3 Å². The van der Waals surface area contributed by atoms with E-state index in [0.29, 0.717) is 16.6 Å². The van der Waals surface area contributed by atoms with E-state index in [1.54, 1.807) is 6.92 Å². The summed E-state index contributed by atoms with van der Waals surface area (Å²) in [5, 5.41) is 3.95. The molecule has 0 aromatic carbocycles. The fourth-order valence-electron chi connectivity index (χ4n) is 1.95. The largest absolute Gasteiger partial charge is 0.448 e. The second-order valence-corrected chi connectivity index (χ2v) is 7.46. The van der Waals surface area contributed by atoms with E-state index in [1.165, 1.54) is 16.2 Å². The van der Waals surface area contributed by atoms with Crippen LogP contribution in [0.2, 0.25) is 0 Å². The number of aryl methyl sites for hydroxylation is 2. The van der Waals surface area contributed by atoms with Crippen molar-refractivity contribution in [3.8, 4) is 0 Å². The zero-order chi connectivity index (χ0) is 16.5. The van der Waals surface area contributed by atoms with E-state index in [1.807, 2.05) is 33.8 Å². The maximum absolute atomic E-state index is 12.2. The highest BCUT2D eigenvalue weighted by Gasteiger charge is 2.25. The minimum absolute atomic E-state index is 0.202. The Balaban J connectivity index is 2.09. The third-order valence-electron chi connectivity index (χ3n) is 3.29. The molecule has 0 spiro atoms. The summed E-state index contributed by atoms with van der Waals surface area (Å²) in [5.74, 6) is 0.573. The number of nitrogens with zero attached hydrogens (tertiary/aromatic N) is 2. The van der Waals surface area contributed by atoms with E-state index in [0.717, 1.165) is 12.0 Å². The van der Waals surface area contributed by atoms with Crippen LogP contribution >= 0.6 is 11.3 Å². The Morgan fingerprint density at radius 2 is 2.14 bits per heavy atom. The lowest BCUT2D eigenvalue weighted by Crippen LogP contribution is -2.14. The van der Waals surface area contributed by atoms with Gasteiger partial charge in [0.15, 0.2) is 11.9 Å². The van der Waals surface area contributed by atoms with Gasteiger partial charge in [-0.2, -0.15) is 4.98 Å². The molecule has 0 N–H and O–H groups in total. The first kappa shape index (κ1) is 16.7.